The molecule has 0 aromatic heterocycles. The van der Waals surface area contributed by atoms with Crippen molar-refractivity contribution in [1.29, 1.82) is 0 Å². The number of hydrogen-bond donors (Lipinski definition) is 1. The molecule has 1 aromatic rings. The van der Waals surface area contributed by atoms with Gasteiger partial charge in [-0.25, -0.2) is 0 Å². The van der Waals surface area contributed by atoms with Crippen molar-refractivity contribution in [2.45, 2.75) is 19.5 Å². The molecule has 16 heavy (non-hydrogen) atoms. The third-order valence-electron chi connectivity index (χ3n) is 3.01. The van der Waals surface area contributed by atoms with Gasteiger partial charge in [0.15, 0.2) is 0 Å². The lowest BCUT2D eigenvalue weighted by molar-refractivity contribution is 0.173. The van der Waals surface area contributed by atoms with E-state index in [2.05, 4.69) is 58.3 Å². The molecule has 0 saturated carbocycles. The molecule has 0 atom stereocenters. The predicted octanol–water partition coefficient (Wildman–Crippen LogP) is 2.58. The summed E-state index contributed by atoms with van der Waals surface area (Å²) in [5.74, 6) is 0. The number of nitrogens with one attached hydrogen (secondary N) is 1. The van der Waals surface area contributed by atoms with Gasteiger partial charge in [0.2, 0.25) is 0 Å². The van der Waals surface area contributed by atoms with Gasteiger partial charge in [-0.05, 0) is 31.2 Å². The zero-order valence-electron chi connectivity index (χ0n) is 9.66. The van der Waals surface area contributed by atoms with Crippen LogP contribution in [-0.2, 0) is 6.54 Å². The van der Waals surface area contributed by atoms with Crippen molar-refractivity contribution in [2.75, 3.05) is 20.1 Å². The van der Waals surface area contributed by atoms with Crippen LogP contribution in [0.2, 0.25) is 0 Å². The fourth-order valence-corrected chi connectivity index (χ4v) is 2.38. The molecule has 0 aliphatic carbocycles. The maximum Gasteiger partial charge on any atom is 0.0345 e. The summed E-state index contributed by atoms with van der Waals surface area (Å²) in [5.41, 5.74) is 2.67. The molecule has 2 rings (SSSR count). The minimum absolute atomic E-state index is 0. The van der Waals surface area contributed by atoms with E-state index in [1.165, 1.54) is 15.6 Å². The van der Waals surface area contributed by atoms with E-state index < -0.39 is 0 Å². The van der Waals surface area contributed by atoms with E-state index in [-0.39, 0.29) is 12.4 Å². The van der Waals surface area contributed by atoms with E-state index in [1.807, 2.05) is 0 Å². The Bertz CT molecular complexity index is 353. The van der Waals surface area contributed by atoms with Gasteiger partial charge in [-0.15, -0.1) is 12.4 Å². The maximum atomic E-state index is 3.62. The van der Waals surface area contributed by atoms with Crippen molar-refractivity contribution in [3.8, 4) is 0 Å². The van der Waals surface area contributed by atoms with Gasteiger partial charge < -0.3 is 5.32 Å². The summed E-state index contributed by atoms with van der Waals surface area (Å²) < 4.78 is 1.22. The van der Waals surface area contributed by atoms with E-state index in [0.717, 1.165) is 19.6 Å². The molecule has 1 fully saturated rings. The van der Waals surface area contributed by atoms with E-state index in [0.29, 0.717) is 6.04 Å². The molecule has 0 bridgehead atoms. The van der Waals surface area contributed by atoms with Gasteiger partial charge in [0.1, 0.15) is 0 Å². The topological polar surface area (TPSA) is 15.3 Å². The lowest BCUT2D eigenvalue weighted by Gasteiger charge is -2.35. The highest BCUT2D eigenvalue weighted by molar-refractivity contribution is 9.10. The molecule has 4 heteroatoms. The Hall–Kier alpha value is -0.0900. The quantitative estimate of drug-likeness (QED) is 0.923. The van der Waals surface area contributed by atoms with Gasteiger partial charge in [-0.3, -0.25) is 4.90 Å². The van der Waals surface area contributed by atoms with E-state index >= 15 is 0 Å². The minimum atomic E-state index is 0. The van der Waals surface area contributed by atoms with E-state index in [9.17, 15) is 0 Å². The first-order valence-corrected chi connectivity index (χ1v) is 6.12. The van der Waals surface area contributed by atoms with Crippen LogP contribution in [0.3, 0.4) is 0 Å². The Morgan fingerprint density at radius 2 is 2.12 bits per heavy atom. The van der Waals surface area contributed by atoms with Crippen LogP contribution in [0, 0.1) is 6.92 Å². The summed E-state index contributed by atoms with van der Waals surface area (Å²) in [4.78, 5) is 2.41. The molecule has 0 radical (unpaired) electrons. The van der Waals surface area contributed by atoms with Crippen LogP contribution in [0.4, 0.5) is 0 Å². The standard InChI is InChI=1S/C12H17BrN2.ClH/c1-9-3-4-10(12(13)5-9)8-15(2)11-6-14-7-11;/h3-5,11,14H,6-8H2,1-2H3;1H. The lowest BCUT2D eigenvalue weighted by Crippen LogP contribution is -2.55. The van der Waals surface area contributed by atoms with Crippen molar-refractivity contribution < 1.29 is 0 Å². The second kappa shape index (κ2) is 6.01. The number of rotatable bonds is 3. The van der Waals surface area contributed by atoms with Crippen LogP contribution in [0.15, 0.2) is 22.7 Å². The highest BCUT2D eigenvalue weighted by Gasteiger charge is 2.21. The van der Waals surface area contributed by atoms with Gasteiger partial charge in [-0.1, -0.05) is 28.1 Å². The number of nitrogens with zero attached hydrogens (tertiary/aromatic N) is 1. The smallest absolute Gasteiger partial charge is 0.0345 e. The van der Waals surface area contributed by atoms with Crippen LogP contribution < -0.4 is 5.32 Å². The number of likely N-dealkylation sites (N-methyl/N-ethyl adjacent to an activating group) is 1. The van der Waals surface area contributed by atoms with E-state index in [4.69, 9.17) is 0 Å². The minimum Gasteiger partial charge on any atom is -0.314 e. The van der Waals surface area contributed by atoms with Crippen LogP contribution in [0.1, 0.15) is 11.1 Å². The Labute approximate surface area is 112 Å². The van der Waals surface area contributed by atoms with Crippen molar-refractivity contribution in [1.82, 2.24) is 10.2 Å². The summed E-state index contributed by atoms with van der Waals surface area (Å²) >= 11 is 3.62. The third kappa shape index (κ3) is 3.20. The summed E-state index contributed by atoms with van der Waals surface area (Å²) in [5, 5.41) is 3.30. The average molecular weight is 306 g/mol. The summed E-state index contributed by atoms with van der Waals surface area (Å²) in [6, 6.07) is 7.27. The molecule has 1 aromatic carbocycles. The second-order valence-electron chi connectivity index (χ2n) is 4.32. The van der Waals surface area contributed by atoms with Crippen LogP contribution in [0.25, 0.3) is 0 Å². The highest BCUT2D eigenvalue weighted by atomic mass is 79.9. The monoisotopic (exact) mass is 304 g/mol. The molecule has 1 aliphatic heterocycles. The molecule has 1 N–H and O–H groups in total. The van der Waals surface area contributed by atoms with Gasteiger partial charge in [0.05, 0.1) is 0 Å². The van der Waals surface area contributed by atoms with Gasteiger partial charge in [0, 0.05) is 30.1 Å². The van der Waals surface area contributed by atoms with Crippen molar-refractivity contribution >= 4 is 28.3 Å². The van der Waals surface area contributed by atoms with Crippen molar-refractivity contribution in [2.24, 2.45) is 0 Å². The lowest BCUT2D eigenvalue weighted by atomic mass is 10.1. The zero-order valence-corrected chi connectivity index (χ0v) is 12.1. The van der Waals surface area contributed by atoms with Gasteiger partial charge in [-0.2, -0.15) is 0 Å². The van der Waals surface area contributed by atoms with Crippen LogP contribution >= 0.6 is 28.3 Å². The zero-order chi connectivity index (χ0) is 10.8. The summed E-state index contributed by atoms with van der Waals surface area (Å²) in [6.07, 6.45) is 0. The second-order valence-corrected chi connectivity index (χ2v) is 5.18. The van der Waals surface area contributed by atoms with Crippen molar-refractivity contribution in [3.63, 3.8) is 0 Å². The normalized spacial score (nSPS) is 15.8. The Balaban J connectivity index is 0.00000128. The van der Waals surface area contributed by atoms with Gasteiger partial charge in [0.25, 0.3) is 0 Å². The molecular formula is C12H18BrClN2. The molecule has 1 saturated heterocycles. The maximum absolute atomic E-state index is 3.62. The highest BCUT2D eigenvalue weighted by Crippen LogP contribution is 2.20. The van der Waals surface area contributed by atoms with Crippen molar-refractivity contribution in [3.05, 3.63) is 33.8 Å². The number of benzene rings is 1. The largest absolute Gasteiger partial charge is 0.314 e. The van der Waals surface area contributed by atoms with E-state index in [1.54, 1.807) is 0 Å². The molecule has 2 nitrogen and oxygen atoms in total. The molecule has 0 spiro atoms. The number of aryl methyl sites for hydroxylation is 1. The SMILES string of the molecule is Cc1ccc(CN(C)C2CNC2)c(Br)c1.Cl. The molecule has 90 valence electrons. The first-order chi connectivity index (χ1) is 7.16. The van der Waals surface area contributed by atoms with Gasteiger partial charge >= 0.3 is 0 Å². The molecule has 0 amide bonds. The fraction of sp³-hybridized carbons (Fsp3) is 0.500. The number of halogens is 2. The molecular weight excluding hydrogens is 288 g/mol. The van der Waals surface area contributed by atoms with Crippen LogP contribution in [0.5, 0.6) is 0 Å². The molecule has 0 unspecified atom stereocenters. The Morgan fingerprint density at radius 3 is 2.62 bits per heavy atom. The van der Waals surface area contributed by atoms with Crippen LogP contribution in [-0.4, -0.2) is 31.1 Å². The summed E-state index contributed by atoms with van der Waals surface area (Å²) in [6.45, 7) is 5.39. The predicted molar refractivity (Wildman–Crippen MR) is 74.3 cm³/mol. The number of hydrogen-bond acceptors (Lipinski definition) is 2. The molecule has 1 heterocycles. The average Bonchev–Trinajstić information content (AvgIpc) is 2.07. The summed E-state index contributed by atoms with van der Waals surface area (Å²) in [7, 11) is 2.19. The Kier molecular flexibility index (Phi) is 5.25. The fourth-order valence-electron chi connectivity index (χ4n) is 1.76. The Morgan fingerprint density at radius 1 is 1.44 bits per heavy atom. The molecule has 1 aliphatic rings. The first-order valence-electron chi connectivity index (χ1n) is 5.33. The first kappa shape index (κ1) is 14.0. The third-order valence-corrected chi connectivity index (χ3v) is 3.75.